The van der Waals surface area contributed by atoms with Gasteiger partial charge in [-0.15, -0.1) is 0 Å². The van der Waals surface area contributed by atoms with Crippen molar-refractivity contribution in [3.05, 3.63) is 29.8 Å². The molecule has 18 heavy (non-hydrogen) atoms. The molecule has 0 aliphatic carbocycles. The normalized spacial score (nSPS) is 11.4. The molecule has 1 rings (SSSR count). The van der Waals surface area contributed by atoms with Crippen molar-refractivity contribution >= 4 is 9.84 Å². The van der Waals surface area contributed by atoms with E-state index < -0.39 is 9.84 Å². The Labute approximate surface area is 109 Å². The number of hydrogen-bond acceptors (Lipinski definition) is 4. The third-order valence-corrected chi connectivity index (χ3v) is 4.33. The minimum Gasteiger partial charge on any atom is -0.492 e. The van der Waals surface area contributed by atoms with E-state index in [0.29, 0.717) is 13.0 Å². The van der Waals surface area contributed by atoms with Crippen molar-refractivity contribution < 1.29 is 13.2 Å². The molecule has 0 amide bonds. The predicted octanol–water partition coefficient (Wildman–Crippen LogP) is 1.61. The third-order valence-electron chi connectivity index (χ3n) is 2.51. The lowest BCUT2D eigenvalue weighted by molar-refractivity contribution is 0.336. The predicted molar refractivity (Wildman–Crippen MR) is 73.6 cm³/mol. The van der Waals surface area contributed by atoms with E-state index in [1.807, 2.05) is 38.2 Å². The summed E-state index contributed by atoms with van der Waals surface area (Å²) in [5, 5.41) is 3.05. The minimum absolute atomic E-state index is 0.0781. The van der Waals surface area contributed by atoms with Gasteiger partial charge in [-0.2, -0.15) is 0 Å². The van der Waals surface area contributed by atoms with E-state index in [1.165, 1.54) is 0 Å². The molecule has 1 aromatic rings. The van der Waals surface area contributed by atoms with Crippen LogP contribution >= 0.6 is 0 Å². The standard InChI is InChI=1S/C13H21NO3S/c1-3-9-18(15,16)10-8-17-13-7-5-4-6-12(13)11-14-2/h4-7,14H,3,8-11H2,1-2H3. The summed E-state index contributed by atoms with van der Waals surface area (Å²) in [5.41, 5.74) is 1.04. The molecule has 5 heteroatoms. The van der Waals surface area contributed by atoms with Gasteiger partial charge in [0.25, 0.3) is 0 Å². The molecular formula is C13H21NO3S. The Hall–Kier alpha value is -1.07. The average Bonchev–Trinajstić information content (AvgIpc) is 2.31. The first kappa shape index (κ1) is 15.0. The number of nitrogens with one attached hydrogen (secondary N) is 1. The van der Waals surface area contributed by atoms with Crippen molar-refractivity contribution in [1.82, 2.24) is 5.32 Å². The number of benzene rings is 1. The zero-order chi connectivity index (χ0) is 13.4. The van der Waals surface area contributed by atoms with Crippen LogP contribution in [0, 0.1) is 0 Å². The van der Waals surface area contributed by atoms with Crippen molar-refractivity contribution in [2.45, 2.75) is 19.9 Å². The second-order valence-electron chi connectivity index (χ2n) is 4.14. The Balaban J connectivity index is 2.53. The highest BCUT2D eigenvalue weighted by Crippen LogP contribution is 2.17. The molecule has 1 N–H and O–H groups in total. The fourth-order valence-corrected chi connectivity index (χ4v) is 2.84. The molecule has 0 unspecified atom stereocenters. The van der Waals surface area contributed by atoms with Gasteiger partial charge in [-0.3, -0.25) is 0 Å². The summed E-state index contributed by atoms with van der Waals surface area (Å²) >= 11 is 0. The maximum Gasteiger partial charge on any atom is 0.153 e. The van der Waals surface area contributed by atoms with Gasteiger partial charge < -0.3 is 10.1 Å². The van der Waals surface area contributed by atoms with Crippen LogP contribution in [0.25, 0.3) is 0 Å². The summed E-state index contributed by atoms with van der Waals surface area (Å²) in [6.07, 6.45) is 0.651. The molecule has 0 aliphatic rings. The maximum absolute atomic E-state index is 11.5. The third kappa shape index (κ3) is 5.06. The Bertz CT molecular complexity index is 457. The lowest BCUT2D eigenvalue weighted by atomic mass is 10.2. The molecule has 0 atom stereocenters. The zero-order valence-electron chi connectivity index (χ0n) is 11.0. The zero-order valence-corrected chi connectivity index (χ0v) is 11.8. The Morgan fingerprint density at radius 1 is 1.22 bits per heavy atom. The van der Waals surface area contributed by atoms with Crippen LogP contribution in [0.2, 0.25) is 0 Å². The molecule has 102 valence electrons. The number of para-hydroxylation sites is 1. The fraction of sp³-hybridized carbons (Fsp3) is 0.538. The van der Waals surface area contributed by atoms with E-state index in [9.17, 15) is 8.42 Å². The molecule has 0 aliphatic heterocycles. The van der Waals surface area contributed by atoms with Gasteiger partial charge in [-0.05, 0) is 19.5 Å². The van der Waals surface area contributed by atoms with Gasteiger partial charge in [0.2, 0.25) is 0 Å². The summed E-state index contributed by atoms with van der Waals surface area (Å²) in [5.74, 6) is 1.06. The summed E-state index contributed by atoms with van der Waals surface area (Å²) < 4.78 is 28.6. The van der Waals surface area contributed by atoms with Crippen LogP contribution in [0.3, 0.4) is 0 Å². The monoisotopic (exact) mass is 271 g/mol. The van der Waals surface area contributed by atoms with E-state index in [0.717, 1.165) is 11.3 Å². The number of sulfone groups is 1. The quantitative estimate of drug-likeness (QED) is 0.780. The largest absolute Gasteiger partial charge is 0.492 e. The Kier molecular flexibility index (Phi) is 6.15. The summed E-state index contributed by atoms with van der Waals surface area (Å²) in [6, 6.07) is 7.65. The molecule has 0 saturated heterocycles. The van der Waals surface area contributed by atoms with Gasteiger partial charge in [0.05, 0.1) is 11.5 Å². The van der Waals surface area contributed by atoms with Gasteiger partial charge in [-0.25, -0.2) is 8.42 Å². The van der Waals surface area contributed by atoms with Gasteiger partial charge in [0.1, 0.15) is 12.4 Å². The number of rotatable bonds is 8. The summed E-state index contributed by atoms with van der Waals surface area (Å²) in [7, 11) is -1.10. The Morgan fingerprint density at radius 3 is 2.61 bits per heavy atom. The van der Waals surface area contributed by atoms with Crippen LogP contribution in [-0.4, -0.2) is 33.6 Å². The first-order valence-electron chi connectivity index (χ1n) is 6.15. The van der Waals surface area contributed by atoms with E-state index >= 15 is 0 Å². The summed E-state index contributed by atoms with van der Waals surface area (Å²) in [6.45, 7) is 2.78. The van der Waals surface area contributed by atoms with Crippen LogP contribution in [0.5, 0.6) is 5.75 Å². The molecule has 1 aromatic carbocycles. The van der Waals surface area contributed by atoms with Crippen molar-refractivity contribution in [3.8, 4) is 5.75 Å². The molecular weight excluding hydrogens is 250 g/mol. The first-order valence-corrected chi connectivity index (χ1v) is 7.97. The van der Waals surface area contributed by atoms with Crippen molar-refractivity contribution in [2.24, 2.45) is 0 Å². The van der Waals surface area contributed by atoms with E-state index in [-0.39, 0.29) is 18.1 Å². The molecule has 0 spiro atoms. The molecule has 0 saturated carbocycles. The van der Waals surface area contributed by atoms with E-state index in [1.54, 1.807) is 0 Å². The smallest absolute Gasteiger partial charge is 0.153 e. The van der Waals surface area contributed by atoms with Gasteiger partial charge in [0, 0.05) is 12.1 Å². The molecule has 0 heterocycles. The lowest BCUT2D eigenvalue weighted by Crippen LogP contribution is -2.17. The topological polar surface area (TPSA) is 55.4 Å². The minimum atomic E-state index is -2.97. The lowest BCUT2D eigenvalue weighted by Gasteiger charge is -2.11. The number of ether oxygens (including phenoxy) is 1. The molecule has 4 nitrogen and oxygen atoms in total. The van der Waals surface area contributed by atoms with E-state index in [2.05, 4.69) is 5.32 Å². The van der Waals surface area contributed by atoms with Gasteiger partial charge in [-0.1, -0.05) is 25.1 Å². The van der Waals surface area contributed by atoms with Crippen LogP contribution < -0.4 is 10.1 Å². The first-order chi connectivity index (χ1) is 8.59. The molecule has 0 radical (unpaired) electrons. The van der Waals surface area contributed by atoms with Crippen LogP contribution in [-0.2, 0) is 16.4 Å². The van der Waals surface area contributed by atoms with Crippen LogP contribution in [0.4, 0.5) is 0 Å². The highest BCUT2D eigenvalue weighted by Gasteiger charge is 2.10. The van der Waals surface area contributed by atoms with Crippen LogP contribution in [0.1, 0.15) is 18.9 Å². The number of hydrogen-bond donors (Lipinski definition) is 1. The molecule has 0 fully saturated rings. The van der Waals surface area contributed by atoms with Gasteiger partial charge in [0.15, 0.2) is 9.84 Å². The van der Waals surface area contributed by atoms with Crippen molar-refractivity contribution in [3.63, 3.8) is 0 Å². The Morgan fingerprint density at radius 2 is 1.94 bits per heavy atom. The highest BCUT2D eigenvalue weighted by atomic mass is 32.2. The van der Waals surface area contributed by atoms with Crippen LogP contribution in [0.15, 0.2) is 24.3 Å². The van der Waals surface area contributed by atoms with Gasteiger partial charge >= 0.3 is 0 Å². The average molecular weight is 271 g/mol. The highest BCUT2D eigenvalue weighted by molar-refractivity contribution is 7.91. The second kappa shape index (κ2) is 7.38. The fourth-order valence-electron chi connectivity index (χ4n) is 1.67. The van der Waals surface area contributed by atoms with Crippen molar-refractivity contribution in [1.29, 1.82) is 0 Å². The molecule has 0 aromatic heterocycles. The van der Waals surface area contributed by atoms with Crippen molar-refractivity contribution in [2.75, 3.05) is 25.2 Å². The molecule has 0 bridgehead atoms. The maximum atomic E-state index is 11.5. The SMILES string of the molecule is CCCS(=O)(=O)CCOc1ccccc1CNC. The second-order valence-corrected chi connectivity index (χ2v) is 6.44. The summed E-state index contributed by atoms with van der Waals surface area (Å²) in [4.78, 5) is 0. The van der Waals surface area contributed by atoms with E-state index in [4.69, 9.17) is 4.74 Å².